The molecule has 0 amide bonds. The highest BCUT2D eigenvalue weighted by Crippen LogP contribution is 2.32. The Morgan fingerprint density at radius 1 is 1.48 bits per heavy atom. The van der Waals surface area contributed by atoms with E-state index in [0.717, 1.165) is 37.6 Å². The van der Waals surface area contributed by atoms with Gasteiger partial charge >= 0.3 is 0 Å². The average molecular weight is 292 g/mol. The third-order valence-corrected chi connectivity index (χ3v) is 4.55. The van der Waals surface area contributed by atoms with Crippen molar-refractivity contribution in [2.75, 3.05) is 19.8 Å². The van der Waals surface area contributed by atoms with Crippen LogP contribution in [-0.2, 0) is 16.0 Å². The molecule has 0 radical (unpaired) electrons. The average Bonchev–Trinajstić information content (AvgIpc) is 3.01. The van der Waals surface area contributed by atoms with E-state index in [1.807, 2.05) is 13.8 Å². The second-order valence-electron chi connectivity index (χ2n) is 5.94. The van der Waals surface area contributed by atoms with Crippen molar-refractivity contribution in [3.63, 3.8) is 0 Å². The normalized spacial score (nSPS) is 29.5. The molecule has 2 aliphatic heterocycles. The first-order valence-corrected chi connectivity index (χ1v) is 7.70. The highest BCUT2D eigenvalue weighted by Gasteiger charge is 2.44. The van der Waals surface area contributed by atoms with Gasteiger partial charge in [0.25, 0.3) is 0 Å². The Balaban J connectivity index is 1.74. The summed E-state index contributed by atoms with van der Waals surface area (Å²) in [6.07, 6.45) is 4.40. The van der Waals surface area contributed by atoms with Crippen molar-refractivity contribution in [1.82, 2.24) is 10.1 Å². The molecule has 2 aliphatic rings. The maximum Gasteiger partial charge on any atom is 0.138 e. The van der Waals surface area contributed by atoms with Gasteiger partial charge in [0, 0.05) is 31.3 Å². The highest BCUT2D eigenvalue weighted by molar-refractivity contribution is 5.21. The minimum Gasteiger partial charge on any atom is -0.374 e. The molecule has 1 aromatic heterocycles. The minimum absolute atomic E-state index is 0.133. The lowest BCUT2D eigenvalue weighted by Crippen LogP contribution is -2.41. The zero-order valence-electron chi connectivity index (χ0n) is 12.9. The van der Waals surface area contributed by atoms with Crippen molar-refractivity contribution >= 4 is 0 Å². The van der Waals surface area contributed by atoms with Gasteiger partial charge in [-0.2, -0.15) is 0 Å². The van der Waals surface area contributed by atoms with E-state index in [0.29, 0.717) is 12.6 Å². The number of fused-ring (bicyclic) bond motifs is 1. The molecule has 2 fully saturated rings. The van der Waals surface area contributed by atoms with Gasteiger partial charge in [-0.05, 0) is 26.7 Å². The maximum absolute atomic E-state index is 5.98. The Morgan fingerprint density at radius 3 is 3.05 bits per heavy atom. The van der Waals surface area contributed by atoms with Crippen LogP contribution in [-0.4, -0.2) is 48.1 Å². The zero-order valence-corrected chi connectivity index (χ0v) is 12.9. The molecule has 21 heavy (non-hydrogen) atoms. The number of rotatable bonds is 5. The number of hydrogen-bond acceptors (Lipinski definition) is 5. The molecule has 2 saturated heterocycles. The van der Waals surface area contributed by atoms with E-state index in [-0.39, 0.29) is 12.2 Å². The Hall–Kier alpha value is -1.17. The summed E-state index contributed by atoms with van der Waals surface area (Å²) in [5.74, 6) is 0.913. The van der Waals surface area contributed by atoms with Gasteiger partial charge < -0.3 is 14.0 Å². The molecule has 0 saturated carbocycles. The number of aromatic nitrogens is 1. The van der Waals surface area contributed by atoms with Crippen LogP contribution in [0.25, 0.3) is 0 Å². The number of aryl methyl sites for hydroxylation is 2. The van der Waals surface area contributed by atoms with Crippen LogP contribution in [0.5, 0.6) is 0 Å². The lowest BCUT2D eigenvalue weighted by atomic mass is 10.0. The van der Waals surface area contributed by atoms with E-state index in [9.17, 15) is 0 Å². The molecule has 3 atom stereocenters. The SMILES string of the molecule is C=CCO[C@@H]1CN(Cc2c(C)noc2C)[C@@H]2CCCO[C@@H]21. The molecule has 0 N–H and O–H groups in total. The van der Waals surface area contributed by atoms with Gasteiger partial charge in [-0.3, -0.25) is 4.90 Å². The monoisotopic (exact) mass is 292 g/mol. The van der Waals surface area contributed by atoms with Crippen molar-refractivity contribution in [1.29, 1.82) is 0 Å². The molecule has 0 aliphatic carbocycles. The molecule has 1 aromatic rings. The standard InChI is InChI=1S/C16H24N2O3/c1-4-7-19-15-10-18(14-6-5-8-20-16(14)15)9-13-11(2)17-21-12(13)3/h4,14-16H,1,5-10H2,2-3H3/t14-,15-,16+/m1/s1. The molecular weight excluding hydrogens is 268 g/mol. The molecule has 5 nitrogen and oxygen atoms in total. The third-order valence-electron chi connectivity index (χ3n) is 4.55. The second-order valence-corrected chi connectivity index (χ2v) is 5.94. The Labute approximate surface area is 125 Å². The molecule has 3 heterocycles. The van der Waals surface area contributed by atoms with Crippen LogP contribution in [0.15, 0.2) is 17.2 Å². The number of ether oxygens (including phenoxy) is 2. The summed E-state index contributed by atoms with van der Waals surface area (Å²) in [5.41, 5.74) is 2.18. The molecule has 5 heteroatoms. The first kappa shape index (κ1) is 14.8. The Morgan fingerprint density at radius 2 is 2.33 bits per heavy atom. The van der Waals surface area contributed by atoms with Crippen molar-refractivity contribution < 1.29 is 14.0 Å². The smallest absolute Gasteiger partial charge is 0.138 e. The van der Waals surface area contributed by atoms with E-state index in [2.05, 4.69) is 16.6 Å². The Kier molecular flexibility index (Phi) is 4.42. The van der Waals surface area contributed by atoms with Gasteiger partial charge in [0.15, 0.2) is 0 Å². The summed E-state index contributed by atoms with van der Waals surface area (Å²) in [7, 11) is 0. The van der Waals surface area contributed by atoms with Crippen LogP contribution >= 0.6 is 0 Å². The summed E-state index contributed by atoms with van der Waals surface area (Å²) in [6.45, 7) is 10.9. The molecule has 0 spiro atoms. The van der Waals surface area contributed by atoms with Gasteiger partial charge in [-0.1, -0.05) is 11.2 Å². The van der Waals surface area contributed by atoms with Crippen LogP contribution in [0.4, 0.5) is 0 Å². The summed E-state index contributed by atoms with van der Waals surface area (Å²) in [6, 6.07) is 0.433. The first-order valence-electron chi connectivity index (χ1n) is 7.70. The summed E-state index contributed by atoms with van der Waals surface area (Å²) in [5, 5.41) is 4.05. The van der Waals surface area contributed by atoms with Crippen LogP contribution in [0.3, 0.4) is 0 Å². The fourth-order valence-corrected chi connectivity index (χ4v) is 3.45. The quantitative estimate of drug-likeness (QED) is 0.779. The minimum atomic E-state index is 0.133. The van der Waals surface area contributed by atoms with Gasteiger partial charge in [-0.15, -0.1) is 6.58 Å². The lowest BCUT2D eigenvalue weighted by Gasteiger charge is -2.32. The predicted molar refractivity (Wildman–Crippen MR) is 79.1 cm³/mol. The molecular formula is C16H24N2O3. The summed E-state index contributed by atoms with van der Waals surface area (Å²) >= 11 is 0. The molecule has 0 bridgehead atoms. The number of nitrogens with zero attached hydrogens (tertiary/aromatic N) is 2. The fourth-order valence-electron chi connectivity index (χ4n) is 3.45. The van der Waals surface area contributed by atoms with Crippen LogP contribution in [0, 0.1) is 13.8 Å². The third kappa shape index (κ3) is 2.91. The second kappa shape index (κ2) is 6.30. The highest BCUT2D eigenvalue weighted by atomic mass is 16.5. The molecule has 0 unspecified atom stereocenters. The maximum atomic E-state index is 5.98. The lowest BCUT2D eigenvalue weighted by molar-refractivity contribution is -0.0721. The van der Waals surface area contributed by atoms with E-state index < -0.39 is 0 Å². The summed E-state index contributed by atoms with van der Waals surface area (Å²) < 4.78 is 17.2. The van der Waals surface area contributed by atoms with Crippen molar-refractivity contribution in [3.05, 3.63) is 29.7 Å². The van der Waals surface area contributed by atoms with E-state index in [1.54, 1.807) is 6.08 Å². The van der Waals surface area contributed by atoms with Crippen molar-refractivity contribution in [2.45, 2.75) is 51.5 Å². The van der Waals surface area contributed by atoms with E-state index in [1.165, 1.54) is 12.0 Å². The van der Waals surface area contributed by atoms with Gasteiger partial charge in [-0.25, -0.2) is 0 Å². The summed E-state index contributed by atoms with van der Waals surface area (Å²) in [4.78, 5) is 2.46. The zero-order chi connectivity index (χ0) is 14.8. The Bertz CT molecular complexity index is 480. The topological polar surface area (TPSA) is 47.7 Å². The predicted octanol–water partition coefficient (Wildman–Crippen LogP) is 2.23. The fraction of sp³-hybridized carbons (Fsp3) is 0.688. The van der Waals surface area contributed by atoms with Gasteiger partial charge in [0.05, 0.1) is 18.4 Å². The van der Waals surface area contributed by atoms with Gasteiger partial charge in [0.1, 0.15) is 11.9 Å². The number of hydrogen-bond donors (Lipinski definition) is 0. The van der Waals surface area contributed by atoms with Crippen LogP contribution in [0.1, 0.15) is 29.9 Å². The van der Waals surface area contributed by atoms with Gasteiger partial charge in [0.2, 0.25) is 0 Å². The van der Waals surface area contributed by atoms with Crippen molar-refractivity contribution in [2.24, 2.45) is 0 Å². The molecule has 0 aromatic carbocycles. The molecule has 3 rings (SSSR count). The van der Waals surface area contributed by atoms with Crippen molar-refractivity contribution in [3.8, 4) is 0 Å². The van der Waals surface area contributed by atoms with E-state index >= 15 is 0 Å². The van der Waals surface area contributed by atoms with E-state index in [4.69, 9.17) is 14.0 Å². The van der Waals surface area contributed by atoms with Crippen LogP contribution < -0.4 is 0 Å². The van der Waals surface area contributed by atoms with Crippen LogP contribution in [0.2, 0.25) is 0 Å². The largest absolute Gasteiger partial charge is 0.374 e. The molecule has 116 valence electrons. The number of likely N-dealkylation sites (tertiary alicyclic amines) is 1. The first-order chi connectivity index (χ1) is 10.2.